The van der Waals surface area contributed by atoms with Gasteiger partial charge in [-0.1, -0.05) is 24.3 Å². The van der Waals surface area contributed by atoms with Crippen LogP contribution in [0.15, 0.2) is 42.5 Å². The number of hydrogen-bond donors (Lipinski definition) is 2. The lowest BCUT2D eigenvalue weighted by atomic mass is 10.1. The summed E-state index contributed by atoms with van der Waals surface area (Å²) in [5.74, 6) is -0.740. The van der Waals surface area contributed by atoms with E-state index in [9.17, 15) is 14.0 Å². The molecule has 4 nitrogen and oxygen atoms in total. The highest BCUT2D eigenvalue weighted by molar-refractivity contribution is 5.97. The summed E-state index contributed by atoms with van der Waals surface area (Å²) in [6.07, 6.45) is 0.497. The smallest absolute Gasteiger partial charge is 0.251 e. The minimum Gasteiger partial charge on any atom is -0.355 e. The lowest BCUT2D eigenvalue weighted by Gasteiger charge is -2.10. The second kappa shape index (κ2) is 7.54. The lowest BCUT2D eigenvalue weighted by molar-refractivity contribution is -0.116. The van der Waals surface area contributed by atoms with E-state index >= 15 is 0 Å². The Morgan fingerprint density at radius 3 is 2.57 bits per heavy atom. The Balaban J connectivity index is 2.02. The Kier molecular flexibility index (Phi) is 5.46. The van der Waals surface area contributed by atoms with Crippen molar-refractivity contribution in [1.82, 2.24) is 5.32 Å². The molecule has 0 aliphatic rings. The van der Waals surface area contributed by atoms with Crippen molar-refractivity contribution in [3.63, 3.8) is 0 Å². The van der Waals surface area contributed by atoms with E-state index in [1.807, 2.05) is 6.92 Å². The number of benzene rings is 2. The van der Waals surface area contributed by atoms with Crippen molar-refractivity contribution in [1.29, 1.82) is 0 Å². The summed E-state index contributed by atoms with van der Waals surface area (Å²) in [6, 6.07) is 11.5. The summed E-state index contributed by atoms with van der Waals surface area (Å²) in [5.41, 5.74) is 2.43. The van der Waals surface area contributed by atoms with Crippen molar-refractivity contribution in [2.45, 2.75) is 19.8 Å². The SMILES string of the molecule is CNC(=O)c1ccc(C)c(NC(=O)CCc2ccccc2F)c1. The fraction of sp³-hybridized carbons (Fsp3) is 0.222. The molecule has 5 heteroatoms. The van der Waals surface area contributed by atoms with E-state index in [-0.39, 0.29) is 24.1 Å². The zero-order valence-electron chi connectivity index (χ0n) is 13.2. The second-order valence-electron chi connectivity index (χ2n) is 5.25. The van der Waals surface area contributed by atoms with Crippen LogP contribution in [0, 0.1) is 12.7 Å². The molecule has 0 bridgehead atoms. The first-order valence-electron chi connectivity index (χ1n) is 7.37. The second-order valence-corrected chi connectivity index (χ2v) is 5.25. The number of aryl methyl sites for hydroxylation is 2. The molecule has 0 aliphatic heterocycles. The van der Waals surface area contributed by atoms with E-state index in [4.69, 9.17) is 0 Å². The van der Waals surface area contributed by atoms with Gasteiger partial charge in [0.15, 0.2) is 0 Å². The number of hydrogen-bond acceptors (Lipinski definition) is 2. The van der Waals surface area contributed by atoms with Crippen LogP contribution in [0.25, 0.3) is 0 Å². The Morgan fingerprint density at radius 2 is 1.87 bits per heavy atom. The third-order valence-corrected chi connectivity index (χ3v) is 3.58. The van der Waals surface area contributed by atoms with Gasteiger partial charge in [0, 0.05) is 24.7 Å². The zero-order chi connectivity index (χ0) is 16.8. The van der Waals surface area contributed by atoms with Crippen LogP contribution < -0.4 is 10.6 Å². The molecular weight excluding hydrogens is 295 g/mol. The van der Waals surface area contributed by atoms with Crippen molar-refractivity contribution in [3.05, 3.63) is 65.0 Å². The molecule has 0 fully saturated rings. The van der Waals surface area contributed by atoms with Gasteiger partial charge in [-0.15, -0.1) is 0 Å². The molecule has 0 atom stereocenters. The van der Waals surface area contributed by atoms with Gasteiger partial charge in [0.1, 0.15) is 5.82 Å². The molecule has 120 valence electrons. The van der Waals surface area contributed by atoms with Crippen molar-refractivity contribution in [2.75, 3.05) is 12.4 Å². The molecule has 0 unspecified atom stereocenters. The molecule has 0 saturated carbocycles. The third-order valence-electron chi connectivity index (χ3n) is 3.58. The summed E-state index contributed by atoms with van der Waals surface area (Å²) >= 11 is 0. The van der Waals surface area contributed by atoms with Gasteiger partial charge in [-0.05, 0) is 42.7 Å². The first-order chi connectivity index (χ1) is 11.0. The van der Waals surface area contributed by atoms with Crippen LogP contribution in [0.2, 0.25) is 0 Å². The molecule has 2 N–H and O–H groups in total. The molecule has 0 aliphatic carbocycles. The van der Waals surface area contributed by atoms with Crippen LogP contribution in [0.3, 0.4) is 0 Å². The number of halogens is 1. The number of rotatable bonds is 5. The van der Waals surface area contributed by atoms with Crippen molar-refractivity contribution in [3.8, 4) is 0 Å². The monoisotopic (exact) mass is 314 g/mol. The maximum Gasteiger partial charge on any atom is 0.251 e. The normalized spacial score (nSPS) is 10.2. The van der Waals surface area contributed by atoms with Gasteiger partial charge in [-0.3, -0.25) is 9.59 Å². The van der Waals surface area contributed by atoms with Crippen LogP contribution in [0.4, 0.5) is 10.1 Å². The van der Waals surface area contributed by atoms with E-state index in [0.29, 0.717) is 23.2 Å². The summed E-state index contributed by atoms with van der Waals surface area (Å²) < 4.78 is 13.5. The maximum atomic E-state index is 13.5. The Morgan fingerprint density at radius 1 is 1.13 bits per heavy atom. The Bertz CT molecular complexity index is 729. The van der Waals surface area contributed by atoms with E-state index in [0.717, 1.165) is 5.56 Å². The number of anilines is 1. The van der Waals surface area contributed by atoms with Crippen molar-refractivity contribution >= 4 is 17.5 Å². The predicted octanol–water partition coefficient (Wildman–Crippen LogP) is 3.07. The van der Waals surface area contributed by atoms with Gasteiger partial charge in [-0.25, -0.2) is 4.39 Å². The zero-order valence-corrected chi connectivity index (χ0v) is 13.2. The highest BCUT2D eigenvalue weighted by atomic mass is 19.1. The van der Waals surface area contributed by atoms with Crippen molar-refractivity contribution < 1.29 is 14.0 Å². The Labute approximate surface area is 134 Å². The Hall–Kier alpha value is -2.69. The molecule has 2 aromatic carbocycles. The van der Waals surface area contributed by atoms with Crippen LogP contribution in [-0.2, 0) is 11.2 Å². The van der Waals surface area contributed by atoms with E-state index < -0.39 is 0 Å². The average Bonchev–Trinajstić information content (AvgIpc) is 2.55. The minimum absolute atomic E-state index is 0.171. The first-order valence-corrected chi connectivity index (χ1v) is 7.37. The van der Waals surface area contributed by atoms with Gasteiger partial charge in [0.25, 0.3) is 5.91 Å². The van der Waals surface area contributed by atoms with Crippen LogP contribution >= 0.6 is 0 Å². The molecule has 0 radical (unpaired) electrons. The first kappa shape index (κ1) is 16.7. The molecular formula is C18H19FN2O2. The summed E-state index contributed by atoms with van der Waals surface area (Å²) in [6.45, 7) is 1.85. The highest BCUT2D eigenvalue weighted by Crippen LogP contribution is 2.18. The molecule has 0 heterocycles. The van der Waals surface area contributed by atoms with Crippen molar-refractivity contribution in [2.24, 2.45) is 0 Å². The summed E-state index contributed by atoms with van der Waals surface area (Å²) in [4.78, 5) is 23.7. The van der Waals surface area contributed by atoms with Gasteiger partial charge in [0.05, 0.1) is 0 Å². The van der Waals surface area contributed by atoms with Crippen LogP contribution in [-0.4, -0.2) is 18.9 Å². The lowest BCUT2D eigenvalue weighted by Crippen LogP contribution is -2.19. The molecule has 0 saturated heterocycles. The number of carbonyl (C=O) groups is 2. The van der Waals surface area contributed by atoms with Crippen LogP contribution in [0.1, 0.15) is 27.9 Å². The van der Waals surface area contributed by atoms with Gasteiger partial charge >= 0.3 is 0 Å². The number of carbonyl (C=O) groups excluding carboxylic acids is 2. The topological polar surface area (TPSA) is 58.2 Å². The number of nitrogens with one attached hydrogen (secondary N) is 2. The largest absolute Gasteiger partial charge is 0.355 e. The fourth-order valence-corrected chi connectivity index (χ4v) is 2.20. The average molecular weight is 314 g/mol. The standard InChI is InChI=1S/C18H19FN2O2/c1-12-7-8-14(18(23)20-2)11-16(12)21-17(22)10-9-13-5-3-4-6-15(13)19/h3-8,11H,9-10H2,1-2H3,(H,20,23)(H,21,22). The summed E-state index contributed by atoms with van der Waals surface area (Å²) in [5, 5.41) is 5.32. The van der Waals surface area contributed by atoms with E-state index in [2.05, 4.69) is 10.6 Å². The molecule has 0 spiro atoms. The molecule has 2 rings (SSSR count). The molecule has 23 heavy (non-hydrogen) atoms. The van der Waals surface area contributed by atoms with E-state index in [1.165, 1.54) is 6.07 Å². The third kappa shape index (κ3) is 4.39. The maximum absolute atomic E-state index is 13.5. The van der Waals surface area contributed by atoms with E-state index in [1.54, 1.807) is 43.4 Å². The van der Waals surface area contributed by atoms with Gasteiger partial charge < -0.3 is 10.6 Å². The predicted molar refractivity (Wildman–Crippen MR) is 87.9 cm³/mol. The number of amides is 2. The minimum atomic E-state index is -0.307. The fourth-order valence-electron chi connectivity index (χ4n) is 2.20. The molecule has 0 aromatic heterocycles. The van der Waals surface area contributed by atoms with Gasteiger partial charge in [0.2, 0.25) is 5.91 Å². The highest BCUT2D eigenvalue weighted by Gasteiger charge is 2.10. The quantitative estimate of drug-likeness (QED) is 0.891. The molecule has 2 amide bonds. The molecule has 2 aromatic rings. The van der Waals surface area contributed by atoms with Gasteiger partial charge in [-0.2, -0.15) is 0 Å². The van der Waals surface area contributed by atoms with Crippen LogP contribution in [0.5, 0.6) is 0 Å². The summed E-state index contributed by atoms with van der Waals surface area (Å²) in [7, 11) is 1.55.